The van der Waals surface area contributed by atoms with Crippen molar-refractivity contribution in [1.82, 2.24) is 28.8 Å². The summed E-state index contributed by atoms with van der Waals surface area (Å²) >= 11 is 0. The van der Waals surface area contributed by atoms with Crippen molar-refractivity contribution in [2.75, 3.05) is 25.4 Å². The first-order valence-corrected chi connectivity index (χ1v) is 14.4. The molecule has 3 aromatic heterocycles. The summed E-state index contributed by atoms with van der Waals surface area (Å²) in [5.41, 5.74) is 5.85. The topological polar surface area (TPSA) is 90.0 Å². The van der Waals surface area contributed by atoms with Gasteiger partial charge in [-0.25, -0.2) is 13.4 Å². The molecule has 3 aromatic carbocycles. The average molecular weight is 552 g/mol. The molecule has 0 aliphatic heterocycles. The van der Waals surface area contributed by atoms with Gasteiger partial charge in [0, 0.05) is 36.4 Å². The highest BCUT2D eigenvalue weighted by Gasteiger charge is 2.16. The number of benzene rings is 3. The second-order valence-electron chi connectivity index (χ2n) is 9.86. The van der Waals surface area contributed by atoms with E-state index in [1.54, 1.807) is 36.7 Å². The van der Waals surface area contributed by atoms with E-state index in [9.17, 15) is 8.42 Å². The molecule has 10 heteroatoms. The van der Waals surface area contributed by atoms with E-state index in [0.717, 1.165) is 46.6 Å². The van der Waals surface area contributed by atoms with Crippen LogP contribution in [0.5, 0.6) is 0 Å². The third-order valence-corrected chi connectivity index (χ3v) is 8.08. The zero-order chi connectivity index (χ0) is 27.7. The van der Waals surface area contributed by atoms with E-state index in [1.807, 2.05) is 95.2 Å². The summed E-state index contributed by atoms with van der Waals surface area (Å²) in [5.74, 6) is 0. The molecule has 0 aliphatic carbocycles. The van der Waals surface area contributed by atoms with Gasteiger partial charge in [0.25, 0.3) is 10.0 Å². The Morgan fingerprint density at radius 1 is 0.875 bits per heavy atom. The van der Waals surface area contributed by atoms with E-state index in [2.05, 4.69) is 25.8 Å². The van der Waals surface area contributed by atoms with Crippen LogP contribution in [0.2, 0.25) is 0 Å². The Balaban J connectivity index is 1.37. The van der Waals surface area contributed by atoms with Crippen LogP contribution in [-0.2, 0) is 16.6 Å². The first-order valence-electron chi connectivity index (χ1n) is 12.9. The summed E-state index contributed by atoms with van der Waals surface area (Å²) in [6, 6.07) is 24.0. The van der Waals surface area contributed by atoms with Gasteiger partial charge in [0.05, 0.1) is 40.0 Å². The quantitative estimate of drug-likeness (QED) is 0.272. The molecule has 40 heavy (non-hydrogen) atoms. The molecule has 0 saturated heterocycles. The van der Waals surface area contributed by atoms with Crippen LogP contribution in [0.1, 0.15) is 0 Å². The smallest absolute Gasteiger partial charge is 0.261 e. The molecule has 0 fully saturated rings. The van der Waals surface area contributed by atoms with E-state index in [1.165, 1.54) is 0 Å². The predicted molar refractivity (Wildman–Crippen MR) is 157 cm³/mol. The molecule has 0 amide bonds. The van der Waals surface area contributed by atoms with Gasteiger partial charge in [0.15, 0.2) is 0 Å². The molecule has 0 aliphatic rings. The normalized spacial score (nSPS) is 11.9. The van der Waals surface area contributed by atoms with Crippen LogP contribution in [0, 0.1) is 0 Å². The maximum absolute atomic E-state index is 13.1. The molecule has 1 N–H and O–H groups in total. The number of likely N-dealkylation sites (N-methyl/N-ethyl adjacent to an activating group) is 1. The number of hydrogen-bond acceptors (Lipinski definition) is 5. The summed E-state index contributed by atoms with van der Waals surface area (Å²) in [7, 11) is 0.326. The third kappa shape index (κ3) is 5.27. The van der Waals surface area contributed by atoms with Gasteiger partial charge >= 0.3 is 0 Å². The van der Waals surface area contributed by atoms with E-state index in [0.29, 0.717) is 5.69 Å². The lowest BCUT2D eigenvalue weighted by Crippen LogP contribution is -2.18. The van der Waals surface area contributed by atoms with E-state index >= 15 is 0 Å². The van der Waals surface area contributed by atoms with Gasteiger partial charge in [-0.05, 0) is 74.3 Å². The minimum atomic E-state index is -3.77. The lowest BCUT2D eigenvalue weighted by atomic mass is 10.1. The molecule has 3 heterocycles. The molecular formula is C30H29N7O2S. The van der Waals surface area contributed by atoms with Crippen molar-refractivity contribution in [2.24, 2.45) is 0 Å². The molecule has 0 unspecified atom stereocenters. The van der Waals surface area contributed by atoms with Gasteiger partial charge < -0.3 is 9.47 Å². The van der Waals surface area contributed by atoms with Crippen LogP contribution in [0.4, 0.5) is 5.69 Å². The first-order chi connectivity index (χ1) is 19.4. The fraction of sp³-hybridized carbons (Fsp3) is 0.133. The van der Waals surface area contributed by atoms with Crippen LogP contribution in [0.25, 0.3) is 33.5 Å². The first kappa shape index (κ1) is 25.6. The minimum Gasteiger partial charge on any atom is -0.324 e. The Morgan fingerprint density at radius 2 is 1.65 bits per heavy atom. The van der Waals surface area contributed by atoms with Crippen LogP contribution < -0.4 is 4.72 Å². The predicted octanol–water partition coefficient (Wildman–Crippen LogP) is 5.04. The Labute approximate surface area is 233 Å². The molecule has 202 valence electrons. The van der Waals surface area contributed by atoms with Crippen LogP contribution in [-0.4, -0.2) is 57.9 Å². The maximum Gasteiger partial charge on any atom is 0.261 e. The number of aromatic nitrogens is 5. The summed E-state index contributed by atoms with van der Waals surface area (Å²) in [4.78, 5) is 7.01. The summed E-state index contributed by atoms with van der Waals surface area (Å²) in [6.45, 7) is 1.73. The highest BCUT2D eigenvalue weighted by Crippen LogP contribution is 2.29. The van der Waals surface area contributed by atoms with Crippen molar-refractivity contribution in [1.29, 1.82) is 0 Å². The largest absolute Gasteiger partial charge is 0.324 e. The summed E-state index contributed by atoms with van der Waals surface area (Å²) in [6.07, 6.45) is 9.53. The molecular weight excluding hydrogens is 522 g/mol. The van der Waals surface area contributed by atoms with Gasteiger partial charge in [0.1, 0.15) is 6.33 Å². The molecule has 0 radical (unpaired) electrons. The Morgan fingerprint density at radius 3 is 2.42 bits per heavy atom. The van der Waals surface area contributed by atoms with Gasteiger partial charge in [-0.15, -0.1) is 0 Å². The van der Waals surface area contributed by atoms with Crippen molar-refractivity contribution < 1.29 is 8.42 Å². The average Bonchev–Trinajstić information content (AvgIpc) is 3.73. The number of rotatable bonds is 9. The standard InChI is InChI=1S/C30H29N7O2S/c1-34(2)14-15-36-21-24(20-32-36)23-10-11-30-29(16-23)31-22-37(30)27-18-25(17-26(19-27)35-12-6-7-13-35)33-40(38,39)28-8-4-3-5-9-28/h3-13,16-22,33H,14-15H2,1-2H3. The molecule has 0 bridgehead atoms. The second kappa shape index (κ2) is 10.5. The summed E-state index contributed by atoms with van der Waals surface area (Å²) < 4.78 is 34.8. The molecule has 6 rings (SSSR count). The number of anilines is 1. The van der Waals surface area contributed by atoms with Crippen molar-refractivity contribution in [3.05, 3.63) is 110 Å². The molecule has 0 atom stereocenters. The van der Waals surface area contributed by atoms with Crippen molar-refractivity contribution in [2.45, 2.75) is 11.4 Å². The lowest BCUT2D eigenvalue weighted by molar-refractivity contribution is 0.373. The van der Waals surface area contributed by atoms with Gasteiger partial charge in [-0.3, -0.25) is 14.0 Å². The molecule has 9 nitrogen and oxygen atoms in total. The third-order valence-electron chi connectivity index (χ3n) is 6.68. The van der Waals surface area contributed by atoms with E-state index < -0.39 is 10.0 Å². The Bertz CT molecular complexity index is 1870. The monoisotopic (exact) mass is 551 g/mol. The summed E-state index contributed by atoms with van der Waals surface area (Å²) in [5, 5.41) is 4.50. The van der Waals surface area contributed by atoms with Crippen LogP contribution in [0.15, 0.2) is 115 Å². The van der Waals surface area contributed by atoms with Crippen molar-refractivity contribution in [3.63, 3.8) is 0 Å². The van der Waals surface area contributed by atoms with Crippen molar-refractivity contribution in [3.8, 4) is 22.5 Å². The van der Waals surface area contributed by atoms with Gasteiger partial charge in [-0.2, -0.15) is 5.10 Å². The molecule has 0 spiro atoms. The SMILES string of the molecule is CN(C)CCn1cc(-c2ccc3c(c2)ncn3-c2cc(NS(=O)(=O)c3ccccc3)cc(-n3cccc3)c2)cn1. The highest BCUT2D eigenvalue weighted by atomic mass is 32.2. The maximum atomic E-state index is 13.1. The Hall–Kier alpha value is -4.67. The lowest BCUT2D eigenvalue weighted by Gasteiger charge is -2.14. The number of fused-ring (bicyclic) bond motifs is 1. The zero-order valence-corrected chi connectivity index (χ0v) is 23.0. The molecule has 6 aromatic rings. The van der Waals surface area contributed by atoms with Crippen LogP contribution >= 0.6 is 0 Å². The van der Waals surface area contributed by atoms with Gasteiger partial charge in [0.2, 0.25) is 0 Å². The number of sulfonamides is 1. The zero-order valence-electron chi connectivity index (χ0n) is 22.2. The van der Waals surface area contributed by atoms with E-state index in [4.69, 9.17) is 0 Å². The van der Waals surface area contributed by atoms with Crippen LogP contribution in [0.3, 0.4) is 0 Å². The molecule has 0 saturated carbocycles. The Kier molecular flexibility index (Phi) is 6.71. The number of nitrogens with one attached hydrogen (secondary N) is 1. The fourth-order valence-corrected chi connectivity index (χ4v) is 5.66. The van der Waals surface area contributed by atoms with E-state index in [-0.39, 0.29) is 4.90 Å². The number of imidazole rings is 1. The fourth-order valence-electron chi connectivity index (χ4n) is 4.60. The highest BCUT2D eigenvalue weighted by molar-refractivity contribution is 7.92. The minimum absolute atomic E-state index is 0.202. The number of nitrogens with zero attached hydrogens (tertiary/aromatic N) is 6. The second-order valence-corrected chi connectivity index (χ2v) is 11.5. The van der Waals surface area contributed by atoms with Crippen molar-refractivity contribution >= 4 is 26.7 Å². The van der Waals surface area contributed by atoms with Gasteiger partial charge in [-0.1, -0.05) is 24.3 Å². The number of hydrogen-bond donors (Lipinski definition) is 1.